The lowest BCUT2D eigenvalue weighted by Gasteiger charge is -2.04. The monoisotopic (exact) mass is 406 g/mol. The molecule has 1 aromatic carbocycles. The van der Waals surface area contributed by atoms with Crippen molar-refractivity contribution in [3.63, 3.8) is 0 Å². The van der Waals surface area contributed by atoms with Crippen LogP contribution in [0.4, 0.5) is 0 Å². The van der Waals surface area contributed by atoms with Crippen molar-refractivity contribution in [3.8, 4) is 0 Å². The van der Waals surface area contributed by atoms with E-state index in [1.54, 1.807) is 0 Å². The predicted octanol–water partition coefficient (Wildman–Crippen LogP) is 5.23. The van der Waals surface area contributed by atoms with Gasteiger partial charge in [-0.1, -0.05) is 12.8 Å². The summed E-state index contributed by atoms with van der Waals surface area (Å²) >= 11 is 9.68. The van der Waals surface area contributed by atoms with Crippen molar-refractivity contribution in [2.45, 2.75) is 32.2 Å². The number of rotatable bonds is 7. The van der Waals surface area contributed by atoms with Crippen molar-refractivity contribution in [1.82, 2.24) is 9.55 Å². The van der Waals surface area contributed by atoms with E-state index in [2.05, 4.69) is 56.6 Å². The number of fused-ring (bicyclic) bond motifs is 1. The summed E-state index contributed by atoms with van der Waals surface area (Å²) in [6.07, 6.45) is 7.33. The Morgan fingerprint density at radius 3 is 2.84 bits per heavy atom. The first-order valence-electron chi connectivity index (χ1n) is 6.59. The lowest BCUT2D eigenvalue weighted by Crippen LogP contribution is -1.98. The third kappa shape index (κ3) is 4.23. The second-order valence-corrected chi connectivity index (χ2v) is 7.27. The fraction of sp³-hybridized carbons (Fsp3) is 0.500. The van der Waals surface area contributed by atoms with E-state index in [9.17, 15) is 0 Å². The zero-order valence-electron chi connectivity index (χ0n) is 11.1. The lowest BCUT2D eigenvalue weighted by atomic mass is 10.2. The normalized spacial score (nSPS) is 11.3. The molecule has 0 saturated heterocycles. The van der Waals surface area contributed by atoms with Gasteiger partial charge in [0.15, 0.2) is 4.77 Å². The highest BCUT2D eigenvalue weighted by Gasteiger charge is 2.04. The van der Waals surface area contributed by atoms with Crippen LogP contribution in [0.2, 0.25) is 0 Å². The van der Waals surface area contributed by atoms with E-state index >= 15 is 0 Å². The Morgan fingerprint density at radius 1 is 1.26 bits per heavy atom. The minimum absolute atomic E-state index is 0.848. The number of benzene rings is 1. The average Bonchev–Trinajstić information content (AvgIpc) is 2.69. The summed E-state index contributed by atoms with van der Waals surface area (Å²) in [5, 5.41) is 0. The van der Waals surface area contributed by atoms with Crippen molar-refractivity contribution in [2.24, 2.45) is 0 Å². The summed E-state index contributed by atoms with van der Waals surface area (Å²) < 4.78 is 4.32. The Labute approximate surface area is 137 Å². The van der Waals surface area contributed by atoms with Crippen LogP contribution in [0.25, 0.3) is 11.0 Å². The van der Waals surface area contributed by atoms with Gasteiger partial charge in [0.05, 0.1) is 11.0 Å². The van der Waals surface area contributed by atoms with Gasteiger partial charge in [0, 0.05) is 10.1 Å². The van der Waals surface area contributed by atoms with Gasteiger partial charge in [-0.25, -0.2) is 0 Å². The molecule has 1 heterocycles. The van der Waals surface area contributed by atoms with Gasteiger partial charge in [-0.3, -0.25) is 0 Å². The molecule has 2 nitrogen and oxygen atoms in total. The number of unbranched alkanes of at least 4 members (excludes halogenated alkanes) is 3. The number of aromatic nitrogens is 2. The van der Waals surface area contributed by atoms with Crippen LogP contribution in [-0.2, 0) is 6.54 Å². The largest absolute Gasteiger partial charge is 0.331 e. The molecule has 104 valence electrons. The van der Waals surface area contributed by atoms with E-state index in [0.717, 1.165) is 16.8 Å². The summed E-state index contributed by atoms with van der Waals surface area (Å²) in [4.78, 5) is 3.30. The predicted molar refractivity (Wildman–Crippen MR) is 96.7 cm³/mol. The molecule has 1 N–H and O–H groups in total. The Hall–Kier alpha value is -0.0100. The number of hydrogen-bond donors (Lipinski definition) is 1. The summed E-state index contributed by atoms with van der Waals surface area (Å²) in [5.74, 6) is 1.28. The molecule has 19 heavy (non-hydrogen) atoms. The number of thioether (sulfide) groups is 1. The number of nitrogens with one attached hydrogen (secondary N) is 1. The molecule has 0 unspecified atom stereocenters. The van der Waals surface area contributed by atoms with Crippen LogP contribution in [0.1, 0.15) is 25.7 Å². The van der Waals surface area contributed by atoms with Crippen LogP contribution >= 0.6 is 46.6 Å². The van der Waals surface area contributed by atoms with Gasteiger partial charge >= 0.3 is 0 Å². The van der Waals surface area contributed by atoms with Crippen LogP contribution in [-0.4, -0.2) is 21.6 Å². The molecule has 1 aromatic heterocycles. The Bertz CT molecular complexity index is 589. The van der Waals surface area contributed by atoms with Crippen LogP contribution < -0.4 is 0 Å². The van der Waals surface area contributed by atoms with Gasteiger partial charge < -0.3 is 9.55 Å². The maximum atomic E-state index is 5.42. The average molecular weight is 406 g/mol. The number of nitrogens with zero attached hydrogens (tertiary/aromatic N) is 1. The molecule has 5 heteroatoms. The standard InChI is InChI=1S/C14H19IN2S2/c1-19-9-5-3-2-4-8-17-13-7-6-11(15)10-12(13)16-14(17)18/h6-7,10H,2-5,8-9H2,1H3,(H,16,18). The van der Waals surface area contributed by atoms with Crippen molar-refractivity contribution in [2.75, 3.05) is 12.0 Å². The highest BCUT2D eigenvalue weighted by atomic mass is 127. The number of aromatic amines is 1. The van der Waals surface area contributed by atoms with Crippen LogP contribution in [0.3, 0.4) is 0 Å². The third-order valence-electron chi connectivity index (χ3n) is 3.22. The van der Waals surface area contributed by atoms with E-state index in [4.69, 9.17) is 12.2 Å². The SMILES string of the molecule is CSCCCCCCn1c(=S)[nH]c2cc(I)ccc21. The number of aryl methyl sites for hydroxylation is 1. The fourth-order valence-corrected chi connectivity index (χ4v) is 3.51. The molecule has 0 aliphatic carbocycles. The molecule has 0 aliphatic heterocycles. The van der Waals surface area contributed by atoms with E-state index < -0.39 is 0 Å². The van der Waals surface area contributed by atoms with Gasteiger partial charge in [0.25, 0.3) is 0 Å². The van der Waals surface area contributed by atoms with Crippen molar-refractivity contribution in [1.29, 1.82) is 0 Å². The van der Waals surface area contributed by atoms with Gasteiger partial charge in [-0.05, 0) is 77.9 Å². The number of halogens is 1. The highest BCUT2D eigenvalue weighted by Crippen LogP contribution is 2.18. The van der Waals surface area contributed by atoms with Crippen molar-refractivity contribution in [3.05, 3.63) is 26.5 Å². The summed E-state index contributed by atoms with van der Waals surface area (Å²) in [6.45, 7) is 1.03. The molecule has 0 atom stereocenters. The highest BCUT2D eigenvalue weighted by molar-refractivity contribution is 14.1. The maximum absolute atomic E-state index is 5.42. The molecule has 0 spiro atoms. The molecule has 0 radical (unpaired) electrons. The molecule has 2 aromatic rings. The molecular formula is C14H19IN2S2. The quantitative estimate of drug-likeness (QED) is 0.386. The Kier molecular flexibility index (Phi) is 6.22. The first-order valence-corrected chi connectivity index (χ1v) is 9.47. The van der Waals surface area contributed by atoms with E-state index in [1.165, 1.54) is 40.5 Å². The van der Waals surface area contributed by atoms with Gasteiger partial charge in [0.2, 0.25) is 0 Å². The second-order valence-electron chi connectivity index (χ2n) is 4.65. The van der Waals surface area contributed by atoms with Crippen LogP contribution in [0, 0.1) is 8.34 Å². The molecule has 0 saturated carbocycles. The molecule has 0 bridgehead atoms. The molecular weight excluding hydrogens is 387 g/mol. The third-order valence-corrected chi connectivity index (χ3v) is 4.91. The maximum Gasteiger partial charge on any atom is 0.178 e. The van der Waals surface area contributed by atoms with E-state index in [0.29, 0.717) is 0 Å². The molecule has 0 fully saturated rings. The van der Waals surface area contributed by atoms with Crippen LogP contribution in [0.15, 0.2) is 18.2 Å². The lowest BCUT2D eigenvalue weighted by molar-refractivity contribution is 0.589. The Balaban J connectivity index is 1.97. The zero-order chi connectivity index (χ0) is 13.7. The Morgan fingerprint density at radius 2 is 2.05 bits per heavy atom. The van der Waals surface area contributed by atoms with E-state index in [1.807, 2.05) is 11.8 Å². The van der Waals surface area contributed by atoms with Gasteiger partial charge in [0.1, 0.15) is 0 Å². The first-order chi connectivity index (χ1) is 9.22. The minimum atomic E-state index is 0.848. The summed E-state index contributed by atoms with van der Waals surface area (Å²) in [7, 11) is 0. The van der Waals surface area contributed by atoms with Crippen molar-refractivity contribution < 1.29 is 0 Å². The first kappa shape index (κ1) is 15.4. The molecule has 0 amide bonds. The topological polar surface area (TPSA) is 20.7 Å². The van der Waals surface area contributed by atoms with Crippen LogP contribution in [0.5, 0.6) is 0 Å². The van der Waals surface area contributed by atoms with Gasteiger partial charge in [-0.15, -0.1) is 0 Å². The zero-order valence-corrected chi connectivity index (χ0v) is 14.9. The molecule has 2 rings (SSSR count). The summed E-state index contributed by atoms with van der Waals surface area (Å²) in [5.41, 5.74) is 2.38. The number of imidazole rings is 1. The number of H-pyrrole nitrogens is 1. The van der Waals surface area contributed by atoms with E-state index in [-0.39, 0.29) is 0 Å². The second kappa shape index (κ2) is 7.69. The molecule has 0 aliphatic rings. The smallest absolute Gasteiger partial charge is 0.178 e. The number of hydrogen-bond acceptors (Lipinski definition) is 2. The summed E-state index contributed by atoms with van der Waals surface area (Å²) in [6, 6.07) is 6.46. The minimum Gasteiger partial charge on any atom is -0.331 e. The fourth-order valence-electron chi connectivity index (χ4n) is 2.23. The van der Waals surface area contributed by atoms with Gasteiger partial charge in [-0.2, -0.15) is 11.8 Å². The van der Waals surface area contributed by atoms with Crippen molar-refractivity contribution >= 4 is 57.6 Å².